The highest BCUT2D eigenvalue weighted by atomic mass is 32.2. The molecule has 3 nitrogen and oxygen atoms in total. The molecule has 1 saturated heterocycles. The molecule has 1 aromatic rings. The lowest BCUT2D eigenvalue weighted by Crippen LogP contribution is -2.45. The van der Waals surface area contributed by atoms with Gasteiger partial charge in [0.15, 0.2) is 0 Å². The molecule has 0 radical (unpaired) electrons. The van der Waals surface area contributed by atoms with Gasteiger partial charge in [0.2, 0.25) is 0 Å². The maximum absolute atomic E-state index is 5.58. The van der Waals surface area contributed by atoms with E-state index < -0.39 is 0 Å². The topological polar surface area (TPSA) is 34.1 Å². The molecular formula is C13H20N2OS. The summed E-state index contributed by atoms with van der Waals surface area (Å²) in [6.07, 6.45) is 4.13. The van der Waals surface area contributed by atoms with E-state index in [1.807, 2.05) is 30.1 Å². The molecule has 4 heteroatoms. The predicted octanol–water partition coefficient (Wildman–Crippen LogP) is 2.33. The Hall–Kier alpha value is -0.580. The molecule has 0 aliphatic carbocycles. The lowest BCUT2D eigenvalue weighted by atomic mass is 10.1. The first kappa shape index (κ1) is 12.9. The van der Waals surface area contributed by atoms with Gasteiger partial charge >= 0.3 is 0 Å². The van der Waals surface area contributed by atoms with Crippen LogP contribution in [0.25, 0.3) is 0 Å². The molecule has 0 aromatic carbocycles. The number of thioether (sulfide) groups is 1. The van der Waals surface area contributed by atoms with Crippen LogP contribution in [0.4, 0.5) is 0 Å². The van der Waals surface area contributed by atoms with Crippen LogP contribution in [-0.2, 0) is 4.74 Å². The molecule has 2 atom stereocenters. The molecule has 94 valence electrons. The van der Waals surface area contributed by atoms with Crippen LogP contribution >= 0.6 is 11.8 Å². The molecule has 2 unspecified atom stereocenters. The maximum atomic E-state index is 5.58. The minimum atomic E-state index is 0.477. The summed E-state index contributed by atoms with van der Waals surface area (Å²) < 4.78 is 5.58. The van der Waals surface area contributed by atoms with E-state index in [1.165, 1.54) is 6.42 Å². The number of hydrogen-bond acceptors (Lipinski definition) is 4. The molecule has 1 aromatic heterocycles. The summed E-state index contributed by atoms with van der Waals surface area (Å²) in [6.45, 7) is 4.99. The SMILES string of the molecule is CCCNC1CCOCC1Sc1ccccn1. The van der Waals surface area contributed by atoms with E-state index in [4.69, 9.17) is 4.74 Å². The summed E-state index contributed by atoms with van der Waals surface area (Å²) in [5, 5.41) is 5.18. The molecule has 17 heavy (non-hydrogen) atoms. The third-order valence-electron chi connectivity index (χ3n) is 2.87. The lowest BCUT2D eigenvalue weighted by Gasteiger charge is -2.31. The van der Waals surface area contributed by atoms with Gasteiger partial charge in [-0.2, -0.15) is 0 Å². The second-order valence-electron chi connectivity index (χ2n) is 4.25. The third-order valence-corrected chi connectivity index (χ3v) is 4.12. The Morgan fingerprint density at radius 1 is 1.53 bits per heavy atom. The molecule has 1 fully saturated rings. The monoisotopic (exact) mass is 252 g/mol. The van der Waals surface area contributed by atoms with Gasteiger partial charge in [-0.3, -0.25) is 0 Å². The summed E-state index contributed by atoms with van der Waals surface area (Å²) in [5.74, 6) is 0. The Kier molecular flexibility index (Phi) is 5.29. The Labute approximate surface area is 107 Å². The van der Waals surface area contributed by atoms with Crippen molar-refractivity contribution in [3.63, 3.8) is 0 Å². The van der Waals surface area contributed by atoms with Gasteiger partial charge in [-0.1, -0.05) is 24.8 Å². The number of rotatable bonds is 5. The summed E-state index contributed by atoms with van der Waals surface area (Å²) in [6, 6.07) is 6.61. The van der Waals surface area contributed by atoms with Gasteiger partial charge in [0, 0.05) is 24.1 Å². The summed E-state index contributed by atoms with van der Waals surface area (Å²) in [7, 11) is 0. The molecule has 1 aliphatic heterocycles. The number of hydrogen-bond donors (Lipinski definition) is 1. The Morgan fingerprint density at radius 3 is 3.24 bits per heavy atom. The molecule has 2 heterocycles. The molecule has 0 amide bonds. The first-order valence-corrected chi connectivity index (χ1v) is 7.17. The van der Waals surface area contributed by atoms with Crippen LogP contribution in [0, 0.1) is 0 Å². The molecule has 0 saturated carbocycles. The molecule has 2 rings (SSSR count). The van der Waals surface area contributed by atoms with Crippen molar-refractivity contribution in [1.82, 2.24) is 10.3 Å². The van der Waals surface area contributed by atoms with Crippen molar-refractivity contribution in [3.8, 4) is 0 Å². The summed E-state index contributed by atoms with van der Waals surface area (Å²) in [4.78, 5) is 4.37. The van der Waals surface area contributed by atoms with E-state index in [-0.39, 0.29) is 0 Å². The van der Waals surface area contributed by atoms with E-state index in [0.29, 0.717) is 11.3 Å². The summed E-state index contributed by atoms with van der Waals surface area (Å²) >= 11 is 1.82. The first-order valence-electron chi connectivity index (χ1n) is 6.29. The van der Waals surface area contributed by atoms with Crippen LogP contribution < -0.4 is 5.32 Å². The largest absolute Gasteiger partial charge is 0.380 e. The third kappa shape index (κ3) is 3.98. The zero-order chi connectivity index (χ0) is 11.9. The second-order valence-corrected chi connectivity index (χ2v) is 5.51. The van der Waals surface area contributed by atoms with Crippen molar-refractivity contribution < 1.29 is 4.74 Å². The fraction of sp³-hybridized carbons (Fsp3) is 0.615. The van der Waals surface area contributed by atoms with Gasteiger partial charge in [0.1, 0.15) is 0 Å². The van der Waals surface area contributed by atoms with Gasteiger partial charge in [-0.05, 0) is 31.5 Å². The zero-order valence-electron chi connectivity index (χ0n) is 10.3. The molecular weight excluding hydrogens is 232 g/mol. The normalized spacial score (nSPS) is 24.8. The maximum Gasteiger partial charge on any atom is 0.0963 e. The van der Waals surface area contributed by atoms with Crippen molar-refractivity contribution in [3.05, 3.63) is 24.4 Å². The van der Waals surface area contributed by atoms with Gasteiger partial charge in [0.25, 0.3) is 0 Å². The van der Waals surface area contributed by atoms with Crippen molar-refractivity contribution in [2.24, 2.45) is 0 Å². The van der Waals surface area contributed by atoms with Crippen molar-refractivity contribution in [2.75, 3.05) is 19.8 Å². The number of aromatic nitrogens is 1. The zero-order valence-corrected chi connectivity index (χ0v) is 11.1. The summed E-state index contributed by atoms with van der Waals surface area (Å²) in [5.41, 5.74) is 0. The van der Waals surface area contributed by atoms with E-state index >= 15 is 0 Å². The van der Waals surface area contributed by atoms with Crippen LogP contribution in [0.1, 0.15) is 19.8 Å². The number of nitrogens with zero attached hydrogens (tertiary/aromatic N) is 1. The van der Waals surface area contributed by atoms with Crippen LogP contribution in [0.2, 0.25) is 0 Å². The van der Waals surface area contributed by atoms with Crippen molar-refractivity contribution in [2.45, 2.75) is 36.1 Å². The minimum absolute atomic E-state index is 0.477. The fourth-order valence-electron chi connectivity index (χ4n) is 1.96. The lowest BCUT2D eigenvalue weighted by molar-refractivity contribution is 0.0833. The van der Waals surface area contributed by atoms with Crippen LogP contribution in [0.5, 0.6) is 0 Å². The Balaban J connectivity index is 1.92. The van der Waals surface area contributed by atoms with Gasteiger partial charge in [-0.25, -0.2) is 4.98 Å². The van der Waals surface area contributed by atoms with Crippen LogP contribution in [-0.4, -0.2) is 36.0 Å². The minimum Gasteiger partial charge on any atom is -0.380 e. The first-order chi connectivity index (χ1) is 8.40. The smallest absolute Gasteiger partial charge is 0.0963 e. The van der Waals surface area contributed by atoms with Crippen molar-refractivity contribution >= 4 is 11.8 Å². The highest BCUT2D eigenvalue weighted by Crippen LogP contribution is 2.27. The quantitative estimate of drug-likeness (QED) is 0.872. The average molecular weight is 252 g/mol. The molecule has 0 bridgehead atoms. The van der Waals surface area contributed by atoms with Gasteiger partial charge in [-0.15, -0.1) is 0 Å². The average Bonchev–Trinajstić information content (AvgIpc) is 2.39. The second kappa shape index (κ2) is 6.99. The molecule has 1 N–H and O–H groups in total. The van der Waals surface area contributed by atoms with E-state index in [2.05, 4.69) is 23.3 Å². The highest BCUT2D eigenvalue weighted by molar-refractivity contribution is 8.00. The molecule has 1 aliphatic rings. The predicted molar refractivity (Wildman–Crippen MR) is 71.4 cm³/mol. The molecule has 0 spiro atoms. The fourth-order valence-corrected chi connectivity index (χ4v) is 3.11. The number of nitrogens with one attached hydrogen (secondary N) is 1. The van der Waals surface area contributed by atoms with Gasteiger partial charge < -0.3 is 10.1 Å². The Bertz CT molecular complexity index is 320. The van der Waals surface area contributed by atoms with E-state index in [9.17, 15) is 0 Å². The number of pyridine rings is 1. The number of ether oxygens (including phenoxy) is 1. The van der Waals surface area contributed by atoms with Crippen molar-refractivity contribution in [1.29, 1.82) is 0 Å². The highest BCUT2D eigenvalue weighted by Gasteiger charge is 2.26. The van der Waals surface area contributed by atoms with Crippen LogP contribution in [0.15, 0.2) is 29.4 Å². The Morgan fingerprint density at radius 2 is 2.47 bits per heavy atom. The van der Waals surface area contributed by atoms with Gasteiger partial charge in [0.05, 0.1) is 11.6 Å². The van der Waals surface area contributed by atoms with E-state index in [0.717, 1.165) is 31.2 Å². The standard InChI is InChI=1S/C13H20N2OS/c1-2-7-14-11-6-9-16-10-12(11)17-13-5-3-4-8-15-13/h3-5,8,11-12,14H,2,6-7,9-10H2,1H3. The van der Waals surface area contributed by atoms with Crippen LogP contribution in [0.3, 0.4) is 0 Å². The van der Waals surface area contributed by atoms with E-state index in [1.54, 1.807) is 0 Å².